The van der Waals surface area contributed by atoms with Crippen LogP contribution >= 0.6 is 0 Å². The average molecular weight is 509 g/mol. The number of anilines is 1. The van der Waals surface area contributed by atoms with Crippen molar-refractivity contribution in [3.63, 3.8) is 0 Å². The van der Waals surface area contributed by atoms with E-state index in [9.17, 15) is 27.5 Å². The molecule has 2 bridgehead atoms. The third kappa shape index (κ3) is 3.20. The van der Waals surface area contributed by atoms with Gasteiger partial charge in [0.05, 0.1) is 16.3 Å². The van der Waals surface area contributed by atoms with Crippen LogP contribution in [0.1, 0.15) is 24.8 Å². The molecule has 36 heavy (non-hydrogen) atoms. The number of benzene rings is 2. The fourth-order valence-electron chi connectivity index (χ4n) is 6.46. The number of nitrogens with two attached hydrogens (primary N) is 1. The Morgan fingerprint density at radius 2 is 1.92 bits per heavy atom. The summed E-state index contributed by atoms with van der Waals surface area (Å²) >= 11 is 0. The van der Waals surface area contributed by atoms with Crippen molar-refractivity contribution < 1.29 is 27.5 Å². The molecular weight excluding hydrogens is 485 g/mol. The van der Waals surface area contributed by atoms with Gasteiger partial charge in [-0.25, -0.2) is 12.8 Å². The number of halogens is 1. The minimum Gasteiger partial charge on any atom is -0.511 e. The molecular formula is C26H23FN3O5S. The van der Waals surface area contributed by atoms with Crippen LogP contribution in [0.3, 0.4) is 0 Å². The summed E-state index contributed by atoms with van der Waals surface area (Å²) in [5.41, 5.74) is 5.81. The maximum atomic E-state index is 14.0. The molecule has 10 heteroatoms. The monoisotopic (exact) mass is 508 g/mol. The van der Waals surface area contributed by atoms with Gasteiger partial charge in [-0.2, -0.15) is 0 Å². The van der Waals surface area contributed by atoms with E-state index in [0.29, 0.717) is 5.56 Å². The van der Waals surface area contributed by atoms with Gasteiger partial charge in [-0.15, -0.1) is 0 Å². The number of nitrogens with one attached hydrogen (secondary N) is 1. The molecule has 185 valence electrons. The second kappa shape index (κ2) is 7.92. The predicted molar refractivity (Wildman–Crippen MR) is 127 cm³/mol. The Bertz CT molecular complexity index is 1480. The number of rotatable bonds is 4. The molecule has 4 N–H and O–H groups in total. The topological polar surface area (TPSA) is 130 Å². The van der Waals surface area contributed by atoms with Crippen LogP contribution in [-0.4, -0.2) is 36.3 Å². The van der Waals surface area contributed by atoms with Gasteiger partial charge < -0.3 is 21.1 Å². The number of hydrogen-bond acceptors (Lipinski definition) is 6. The van der Waals surface area contributed by atoms with Crippen LogP contribution < -0.4 is 11.1 Å². The zero-order chi connectivity index (χ0) is 25.4. The first-order valence-electron chi connectivity index (χ1n) is 11.7. The number of carbonyl (C=O) groups excluding carboxylic acids is 2. The van der Waals surface area contributed by atoms with E-state index in [4.69, 9.17) is 5.73 Å². The van der Waals surface area contributed by atoms with Gasteiger partial charge in [-0.05, 0) is 67.0 Å². The molecule has 2 aromatic rings. The van der Waals surface area contributed by atoms with Gasteiger partial charge in [0, 0.05) is 18.5 Å². The van der Waals surface area contributed by atoms with Crippen molar-refractivity contribution in [1.29, 1.82) is 0 Å². The highest BCUT2D eigenvalue weighted by Gasteiger charge is 2.57. The van der Waals surface area contributed by atoms with Gasteiger partial charge in [0.1, 0.15) is 17.1 Å². The van der Waals surface area contributed by atoms with Crippen molar-refractivity contribution in [3.8, 4) is 0 Å². The number of amides is 2. The Morgan fingerprint density at radius 3 is 2.64 bits per heavy atom. The standard InChI is InChI=1S/C26H23FN3O5S/c27-16-9-5-13(6-10-16)12-30-22-15-8-7-14(11-15)19(22)23(31)20(26(30)33)21-24(25(28)32)36(34,35)18-4-2-1-3-17(18)29-21/h1,3-6,9-10,14-15,19,22,29,31H,7-8,11-12H2,(H2,28,32)/t14-,15+,19+,22-/m0/s1. The number of carbonyl (C=O) groups is 2. The molecule has 2 amide bonds. The highest BCUT2D eigenvalue weighted by molar-refractivity contribution is 7.96. The molecule has 4 atom stereocenters. The summed E-state index contributed by atoms with van der Waals surface area (Å²) in [6, 6.07) is 12.4. The fraction of sp³-hybridized carbons (Fsp3) is 0.308. The van der Waals surface area contributed by atoms with E-state index < -0.39 is 38.3 Å². The number of hydrogen-bond donors (Lipinski definition) is 3. The van der Waals surface area contributed by atoms with Gasteiger partial charge in [-0.1, -0.05) is 18.2 Å². The molecule has 6 rings (SSSR count). The maximum Gasteiger partial charge on any atom is 0.262 e. The van der Waals surface area contributed by atoms with E-state index in [1.165, 1.54) is 30.3 Å². The number of aliphatic hydroxyl groups is 1. The lowest BCUT2D eigenvalue weighted by Gasteiger charge is -2.44. The van der Waals surface area contributed by atoms with E-state index in [2.05, 4.69) is 11.4 Å². The number of sulfone groups is 1. The SMILES string of the molecule is NC(=O)C1=C(C2=C(O)[C@@H]3[C@H]4CC[C@H](C4)[C@@H]3N(Cc3ccc(F)cc3)C2=O)Nc2cc[c]cc2S1(=O)=O. The van der Waals surface area contributed by atoms with E-state index >= 15 is 0 Å². The minimum absolute atomic E-state index is 0.124. The van der Waals surface area contributed by atoms with Crippen LogP contribution in [0.4, 0.5) is 10.1 Å². The van der Waals surface area contributed by atoms with E-state index in [1.807, 2.05) is 0 Å². The normalized spacial score (nSPS) is 28.1. The van der Waals surface area contributed by atoms with Gasteiger partial charge in [0.2, 0.25) is 9.84 Å². The third-order valence-electron chi connectivity index (χ3n) is 7.89. The first-order valence-corrected chi connectivity index (χ1v) is 13.2. The molecule has 2 heterocycles. The largest absolute Gasteiger partial charge is 0.511 e. The number of primary amides is 1. The van der Waals surface area contributed by atoms with Crippen molar-refractivity contribution in [2.75, 3.05) is 5.32 Å². The molecule has 2 fully saturated rings. The highest BCUT2D eigenvalue weighted by Crippen LogP contribution is 2.56. The lowest BCUT2D eigenvalue weighted by molar-refractivity contribution is -0.134. The molecule has 1 radical (unpaired) electrons. The summed E-state index contributed by atoms with van der Waals surface area (Å²) in [5.74, 6) is -2.53. The summed E-state index contributed by atoms with van der Waals surface area (Å²) in [4.78, 5) is 27.2. The summed E-state index contributed by atoms with van der Waals surface area (Å²) < 4.78 is 40.3. The fourth-order valence-corrected chi connectivity index (χ4v) is 7.99. The number of fused-ring (bicyclic) bond motifs is 6. The van der Waals surface area contributed by atoms with Crippen molar-refractivity contribution >= 4 is 27.3 Å². The van der Waals surface area contributed by atoms with Gasteiger partial charge in [0.25, 0.3) is 11.8 Å². The maximum absolute atomic E-state index is 14.0. The van der Waals surface area contributed by atoms with E-state index in [1.54, 1.807) is 17.0 Å². The lowest BCUT2D eigenvalue weighted by atomic mass is 9.77. The van der Waals surface area contributed by atoms with E-state index in [-0.39, 0.29) is 52.0 Å². The van der Waals surface area contributed by atoms with Crippen molar-refractivity contribution in [1.82, 2.24) is 4.90 Å². The van der Waals surface area contributed by atoms with Crippen LogP contribution in [0, 0.1) is 29.6 Å². The Balaban J connectivity index is 1.53. The molecule has 0 aromatic heterocycles. The lowest BCUT2D eigenvalue weighted by Crippen LogP contribution is -2.53. The Kier molecular flexibility index (Phi) is 5.01. The van der Waals surface area contributed by atoms with Crippen LogP contribution in [0.25, 0.3) is 0 Å². The first-order chi connectivity index (χ1) is 17.2. The summed E-state index contributed by atoms with van der Waals surface area (Å²) in [5, 5.41) is 14.4. The smallest absolute Gasteiger partial charge is 0.262 e. The Labute approximate surface area is 207 Å². The summed E-state index contributed by atoms with van der Waals surface area (Å²) in [6.07, 6.45) is 2.65. The zero-order valence-electron chi connectivity index (χ0n) is 19.1. The van der Waals surface area contributed by atoms with E-state index in [0.717, 1.165) is 19.3 Å². The first kappa shape index (κ1) is 22.8. The molecule has 2 aromatic carbocycles. The Hall–Kier alpha value is -3.66. The van der Waals surface area contributed by atoms with Gasteiger partial charge in [0.15, 0.2) is 4.91 Å². The Morgan fingerprint density at radius 1 is 1.19 bits per heavy atom. The molecule has 2 aliphatic carbocycles. The summed E-state index contributed by atoms with van der Waals surface area (Å²) in [7, 11) is -4.39. The third-order valence-corrected chi connectivity index (χ3v) is 9.75. The number of aliphatic hydroxyl groups excluding tert-OH is 1. The van der Waals surface area contributed by atoms with Crippen LogP contribution in [0.2, 0.25) is 0 Å². The summed E-state index contributed by atoms with van der Waals surface area (Å²) in [6.45, 7) is 0.151. The highest BCUT2D eigenvalue weighted by atomic mass is 32.2. The molecule has 0 saturated heterocycles. The average Bonchev–Trinajstić information content (AvgIpc) is 3.45. The molecule has 8 nitrogen and oxygen atoms in total. The van der Waals surface area contributed by atoms with Crippen LogP contribution in [0.5, 0.6) is 0 Å². The second-order valence-electron chi connectivity index (χ2n) is 9.79. The quantitative estimate of drug-likeness (QED) is 0.582. The van der Waals surface area contributed by atoms with Crippen molar-refractivity contribution in [2.24, 2.45) is 23.5 Å². The molecule has 2 aliphatic heterocycles. The minimum atomic E-state index is -4.39. The number of nitrogens with zero attached hydrogens (tertiary/aromatic N) is 1. The molecule has 2 saturated carbocycles. The van der Waals surface area contributed by atoms with Crippen molar-refractivity contribution in [3.05, 3.63) is 81.8 Å². The van der Waals surface area contributed by atoms with Crippen LogP contribution in [-0.2, 0) is 26.0 Å². The predicted octanol–water partition coefficient (Wildman–Crippen LogP) is 2.79. The molecule has 0 unspecified atom stereocenters. The zero-order valence-corrected chi connectivity index (χ0v) is 19.9. The second-order valence-corrected chi connectivity index (χ2v) is 11.6. The van der Waals surface area contributed by atoms with Crippen molar-refractivity contribution in [2.45, 2.75) is 36.7 Å². The van der Waals surface area contributed by atoms with Gasteiger partial charge in [-0.3, -0.25) is 9.59 Å². The van der Waals surface area contributed by atoms with Crippen LogP contribution in [0.15, 0.2) is 69.3 Å². The molecule has 4 aliphatic rings. The molecule has 0 spiro atoms. The van der Waals surface area contributed by atoms with Gasteiger partial charge >= 0.3 is 0 Å².